The van der Waals surface area contributed by atoms with Crippen molar-refractivity contribution in [3.8, 4) is 0 Å². The van der Waals surface area contributed by atoms with Crippen molar-refractivity contribution in [3.05, 3.63) is 71.9 Å². The van der Waals surface area contributed by atoms with Gasteiger partial charge in [-0.25, -0.2) is 18.6 Å². The van der Waals surface area contributed by atoms with Crippen molar-refractivity contribution in [1.29, 1.82) is 0 Å². The molecule has 172 valence electrons. The van der Waals surface area contributed by atoms with Crippen LogP contribution in [0.25, 0.3) is 10.9 Å². The number of thioether (sulfide) groups is 1. The molecular weight excluding hydrogens is 452 g/mol. The van der Waals surface area contributed by atoms with Crippen LogP contribution in [-0.2, 0) is 14.3 Å². The zero-order chi connectivity index (χ0) is 23.8. The second-order valence-electron chi connectivity index (χ2n) is 6.98. The van der Waals surface area contributed by atoms with Gasteiger partial charge in [-0.3, -0.25) is 9.59 Å². The normalized spacial score (nSPS) is 11.6. The lowest BCUT2D eigenvalue weighted by atomic mass is 10.2. The Bertz CT molecular complexity index is 1180. The van der Waals surface area contributed by atoms with E-state index < -0.39 is 42.1 Å². The van der Waals surface area contributed by atoms with Gasteiger partial charge in [0, 0.05) is 11.5 Å². The van der Waals surface area contributed by atoms with Gasteiger partial charge in [0.05, 0.1) is 11.2 Å². The molecule has 7 nitrogen and oxygen atoms in total. The SMILES string of the molecule is CSCC[C@@H](NC(=O)c1ccc2ccccc2n1)C(=O)OCC(=O)Nc1cc(F)ccc1F. The van der Waals surface area contributed by atoms with Crippen molar-refractivity contribution < 1.29 is 27.9 Å². The average Bonchev–Trinajstić information content (AvgIpc) is 2.82. The highest BCUT2D eigenvalue weighted by Gasteiger charge is 2.24. The molecule has 0 fully saturated rings. The Kier molecular flexibility index (Phi) is 8.31. The Balaban J connectivity index is 1.62. The number of ether oxygens (including phenoxy) is 1. The molecule has 0 saturated heterocycles. The van der Waals surface area contributed by atoms with Crippen LogP contribution in [0.3, 0.4) is 0 Å². The number of pyridine rings is 1. The zero-order valence-electron chi connectivity index (χ0n) is 17.6. The number of carbonyl (C=O) groups is 3. The molecule has 0 unspecified atom stereocenters. The number of esters is 1. The maximum absolute atomic E-state index is 13.7. The molecule has 2 aromatic carbocycles. The number of halogens is 2. The zero-order valence-corrected chi connectivity index (χ0v) is 18.5. The second kappa shape index (κ2) is 11.4. The lowest BCUT2D eigenvalue weighted by molar-refractivity contribution is -0.149. The summed E-state index contributed by atoms with van der Waals surface area (Å²) in [7, 11) is 0. The van der Waals surface area contributed by atoms with Gasteiger partial charge in [-0.15, -0.1) is 0 Å². The number of hydrogen-bond acceptors (Lipinski definition) is 6. The minimum Gasteiger partial charge on any atom is -0.454 e. The summed E-state index contributed by atoms with van der Waals surface area (Å²) in [6.45, 7) is -0.728. The van der Waals surface area contributed by atoms with Gasteiger partial charge in [0.15, 0.2) is 6.61 Å². The fraction of sp³-hybridized carbons (Fsp3) is 0.217. The number of rotatable bonds is 9. The minimum atomic E-state index is -1.02. The molecule has 0 aliphatic rings. The monoisotopic (exact) mass is 473 g/mol. The fourth-order valence-electron chi connectivity index (χ4n) is 2.93. The molecule has 1 heterocycles. The molecule has 0 bridgehead atoms. The predicted molar refractivity (Wildman–Crippen MR) is 122 cm³/mol. The lowest BCUT2D eigenvalue weighted by Gasteiger charge is -2.17. The van der Waals surface area contributed by atoms with E-state index in [2.05, 4.69) is 15.6 Å². The van der Waals surface area contributed by atoms with Crippen LogP contribution in [0.4, 0.5) is 14.5 Å². The summed E-state index contributed by atoms with van der Waals surface area (Å²) < 4.78 is 31.9. The summed E-state index contributed by atoms with van der Waals surface area (Å²) in [6, 6.07) is 12.2. The molecule has 3 aromatic rings. The van der Waals surface area contributed by atoms with Crippen LogP contribution in [0, 0.1) is 11.6 Å². The van der Waals surface area contributed by atoms with E-state index in [0.717, 1.165) is 23.6 Å². The first kappa shape index (κ1) is 24.1. The van der Waals surface area contributed by atoms with Gasteiger partial charge in [0.2, 0.25) is 0 Å². The van der Waals surface area contributed by atoms with Crippen molar-refractivity contribution in [2.24, 2.45) is 0 Å². The van der Waals surface area contributed by atoms with E-state index in [1.165, 1.54) is 11.8 Å². The topological polar surface area (TPSA) is 97.4 Å². The summed E-state index contributed by atoms with van der Waals surface area (Å²) in [5.74, 6) is -3.25. The first-order valence-corrected chi connectivity index (χ1v) is 11.3. The Hall–Kier alpha value is -3.53. The fourth-order valence-corrected chi connectivity index (χ4v) is 3.40. The molecule has 1 atom stereocenters. The van der Waals surface area contributed by atoms with Crippen LogP contribution < -0.4 is 10.6 Å². The minimum absolute atomic E-state index is 0.134. The van der Waals surface area contributed by atoms with E-state index in [9.17, 15) is 23.2 Å². The number of nitrogens with zero attached hydrogens (tertiary/aromatic N) is 1. The van der Waals surface area contributed by atoms with E-state index in [1.54, 1.807) is 24.3 Å². The number of anilines is 1. The molecule has 0 radical (unpaired) electrons. The van der Waals surface area contributed by atoms with Crippen LogP contribution in [0.5, 0.6) is 0 Å². The summed E-state index contributed by atoms with van der Waals surface area (Å²) in [6.07, 6.45) is 2.11. The molecule has 2 N–H and O–H groups in total. The Morgan fingerprint density at radius 2 is 1.88 bits per heavy atom. The number of hydrogen-bond donors (Lipinski definition) is 2. The summed E-state index contributed by atoms with van der Waals surface area (Å²) in [4.78, 5) is 41.5. The second-order valence-corrected chi connectivity index (χ2v) is 7.96. The first-order chi connectivity index (χ1) is 15.9. The van der Waals surface area contributed by atoms with Gasteiger partial charge in [-0.05, 0) is 42.7 Å². The molecule has 1 aromatic heterocycles. The third-order valence-electron chi connectivity index (χ3n) is 4.58. The van der Waals surface area contributed by atoms with Crippen LogP contribution >= 0.6 is 11.8 Å². The molecule has 0 saturated carbocycles. The van der Waals surface area contributed by atoms with Crippen LogP contribution in [0.1, 0.15) is 16.9 Å². The van der Waals surface area contributed by atoms with Gasteiger partial charge in [0.25, 0.3) is 11.8 Å². The third-order valence-corrected chi connectivity index (χ3v) is 5.22. The number of nitrogens with one attached hydrogen (secondary N) is 2. The smallest absolute Gasteiger partial charge is 0.329 e. The molecule has 0 spiro atoms. The molecule has 0 aliphatic carbocycles. The maximum atomic E-state index is 13.7. The van der Waals surface area contributed by atoms with Crippen LogP contribution in [0.2, 0.25) is 0 Å². The maximum Gasteiger partial charge on any atom is 0.329 e. The Labute approximate surface area is 192 Å². The first-order valence-electron chi connectivity index (χ1n) is 9.94. The lowest BCUT2D eigenvalue weighted by Crippen LogP contribution is -2.43. The third kappa shape index (κ3) is 6.72. The number of carbonyl (C=O) groups excluding carboxylic acids is 3. The van der Waals surface area contributed by atoms with E-state index in [0.29, 0.717) is 11.3 Å². The highest BCUT2D eigenvalue weighted by Crippen LogP contribution is 2.15. The van der Waals surface area contributed by atoms with Crippen molar-refractivity contribution in [2.45, 2.75) is 12.5 Å². The number of amides is 2. The molecular formula is C23H21F2N3O4S. The number of aromatic nitrogens is 1. The number of fused-ring (bicyclic) bond motifs is 1. The molecule has 10 heteroatoms. The van der Waals surface area contributed by atoms with E-state index >= 15 is 0 Å². The van der Waals surface area contributed by atoms with Gasteiger partial charge in [-0.1, -0.05) is 24.3 Å². The molecule has 0 aliphatic heterocycles. The van der Waals surface area contributed by atoms with Crippen molar-refractivity contribution in [1.82, 2.24) is 10.3 Å². The largest absolute Gasteiger partial charge is 0.454 e. The standard InChI is InChI=1S/C23H21F2N3O4S/c1-33-11-10-19(28-22(30)18-9-6-14-4-2-3-5-17(14)26-18)23(31)32-13-21(29)27-20-12-15(24)7-8-16(20)25/h2-9,12,19H,10-11,13H2,1H3,(H,27,29)(H,28,30)/t19-/m1/s1. The van der Waals surface area contributed by atoms with E-state index in [-0.39, 0.29) is 17.8 Å². The van der Waals surface area contributed by atoms with Crippen LogP contribution in [-0.4, -0.2) is 47.4 Å². The van der Waals surface area contributed by atoms with Gasteiger partial charge in [-0.2, -0.15) is 11.8 Å². The molecule has 3 rings (SSSR count). The van der Waals surface area contributed by atoms with Gasteiger partial charge < -0.3 is 15.4 Å². The predicted octanol–water partition coefficient (Wildman–Crippen LogP) is 3.55. The van der Waals surface area contributed by atoms with E-state index in [1.807, 2.05) is 18.4 Å². The Morgan fingerprint density at radius 3 is 2.67 bits per heavy atom. The average molecular weight is 474 g/mol. The molecule has 2 amide bonds. The van der Waals surface area contributed by atoms with Crippen molar-refractivity contribution >= 4 is 46.1 Å². The van der Waals surface area contributed by atoms with Gasteiger partial charge >= 0.3 is 5.97 Å². The summed E-state index contributed by atoms with van der Waals surface area (Å²) in [5.41, 5.74) is 0.398. The number of benzene rings is 2. The van der Waals surface area contributed by atoms with Crippen molar-refractivity contribution in [3.63, 3.8) is 0 Å². The van der Waals surface area contributed by atoms with Crippen LogP contribution in [0.15, 0.2) is 54.6 Å². The summed E-state index contributed by atoms with van der Waals surface area (Å²) in [5, 5.41) is 5.60. The van der Waals surface area contributed by atoms with Crippen molar-refractivity contribution in [2.75, 3.05) is 23.9 Å². The Morgan fingerprint density at radius 1 is 1.09 bits per heavy atom. The quantitative estimate of drug-likeness (QED) is 0.462. The molecule has 33 heavy (non-hydrogen) atoms. The summed E-state index contributed by atoms with van der Waals surface area (Å²) >= 11 is 1.47. The number of para-hydroxylation sites is 1. The highest BCUT2D eigenvalue weighted by atomic mass is 32.2. The van der Waals surface area contributed by atoms with E-state index in [4.69, 9.17) is 4.74 Å². The van der Waals surface area contributed by atoms with Gasteiger partial charge in [0.1, 0.15) is 23.4 Å². The highest BCUT2D eigenvalue weighted by molar-refractivity contribution is 7.98.